The van der Waals surface area contributed by atoms with Gasteiger partial charge in [-0.2, -0.15) is 5.26 Å². The molecular weight excluding hydrogens is 394 g/mol. The summed E-state index contributed by atoms with van der Waals surface area (Å²) in [7, 11) is 3.68. The molecule has 148 valence electrons. The van der Waals surface area contributed by atoms with E-state index in [0.717, 1.165) is 42.6 Å². The molecule has 1 atom stereocenters. The van der Waals surface area contributed by atoms with Gasteiger partial charge in [-0.15, -0.1) is 11.3 Å². The third kappa shape index (κ3) is 4.85. The van der Waals surface area contributed by atoms with Gasteiger partial charge in [-0.05, 0) is 49.4 Å². The largest absolute Gasteiger partial charge is 0.496 e. The summed E-state index contributed by atoms with van der Waals surface area (Å²) in [5.41, 5.74) is 2.83. The van der Waals surface area contributed by atoms with Crippen molar-refractivity contribution in [2.75, 3.05) is 26.0 Å². The maximum Gasteiger partial charge on any atom is 0.230 e. The zero-order chi connectivity index (χ0) is 20.1. The number of nitrogens with one attached hydrogen (secondary N) is 2. The van der Waals surface area contributed by atoms with Crippen molar-refractivity contribution in [3.8, 4) is 11.8 Å². The predicted octanol–water partition coefficient (Wildman–Crippen LogP) is 3.20. The van der Waals surface area contributed by atoms with Crippen LogP contribution in [0.5, 0.6) is 5.75 Å². The molecule has 0 radical (unpaired) electrons. The maximum atomic E-state index is 12.5. The number of anilines is 1. The van der Waals surface area contributed by atoms with Crippen LogP contribution in [0, 0.1) is 11.3 Å². The normalized spacial score (nSPS) is 14.1. The monoisotopic (exact) mass is 418 g/mol. The van der Waals surface area contributed by atoms with E-state index in [2.05, 4.69) is 11.4 Å². The maximum absolute atomic E-state index is 12.5. The number of nitriles is 1. The number of methoxy groups -OCH3 is 1. The van der Waals surface area contributed by atoms with E-state index < -0.39 is 0 Å². The highest BCUT2D eigenvalue weighted by molar-refractivity contribution is 7.16. The molecule has 1 aliphatic carbocycles. The number of carbonyl (C=O) groups excluding carboxylic acids is 1. The van der Waals surface area contributed by atoms with Gasteiger partial charge < -0.3 is 15.0 Å². The van der Waals surface area contributed by atoms with Crippen molar-refractivity contribution in [1.29, 1.82) is 5.26 Å². The SMILES string of the molecule is COc1ccc(Cl)cc1C[NH+](C)CCC(=O)Nc1sc2c(c1C#N)CCCC2. The van der Waals surface area contributed by atoms with E-state index in [1.54, 1.807) is 24.5 Å². The number of benzene rings is 1. The summed E-state index contributed by atoms with van der Waals surface area (Å²) in [5.74, 6) is 0.753. The number of quaternary nitrogens is 1. The Labute approximate surface area is 174 Å². The Balaban J connectivity index is 1.57. The Morgan fingerprint density at radius 3 is 2.93 bits per heavy atom. The number of ether oxygens (including phenoxy) is 1. The number of thiophene rings is 1. The van der Waals surface area contributed by atoms with Crippen molar-refractivity contribution in [3.63, 3.8) is 0 Å². The number of amides is 1. The Kier molecular flexibility index (Phi) is 6.95. The first-order valence-electron chi connectivity index (χ1n) is 9.50. The summed E-state index contributed by atoms with van der Waals surface area (Å²) in [5, 5.41) is 13.9. The van der Waals surface area contributed by atoms with Crippen LogP contribution in [0.1, 0.15) is 40.8 Å². The Morgan fingerprint density at radius 1 is 1.39 bits per heavy atom. The van der Waals surface area contributed by atoms with Crippen molar-refractivity contribution in [1.82, 2.24) is 0 Å². The Bertz CT molecular complexity index is 904. The second-order valence-electron chi connectivity index (χ2n) is 7.17. The molecule has 5 nitrogen and oxygen atoms in total. The zero-order valence-corrected chi connectivity index (χ0v) is 17.8. The quantitative estimate of drug-likeness (QED) is 0.725. The van der Waals surface area contributed by atoms with E-state index in [-0.39, 0.29) is 5.91 Å². The number of halogens is 1. The van der Waals surface area contributed by atoms with Crippen LogP contribution in [0.25, 0.3) is 0 Å². The zero-order valence-electron chi connectivity index (χ0n) is 16.2. The molecule has 1 heterocycles. The number of aryl methyl sites for hydroxylation is 1. The van der Waals surface area contributed by atoms with E-state index in [4.69, 9.17) is 16.3 Å². The third-order valence-electron chi connectivity index (χ3n) is 5.05. The Morgan fingerprint density at radius 2 is 2.18 bits per heavy atom. The van der Waals surface area contributed by atoms with Crippen LogP contribution in [0.4, 0.5) is 5.00 Å². The number of rotatable bonds is 7. The fourth-order valence-electron chi connectivity index (χ4n) is 3.59. The lowest BCUT2D eigenvalue weighted by Crippen LogP contribution is -3.07. The standard InChI is InChI=1S/C21H24ClN3O2S/c1-25(13-14-11-15(22)7-8-18(14)27-2)10-9-20(26)24-21-17(12-23)16-5-3-4-6-19(16)28-21/h7-8,11H,3-6,9-10,13H2,1-2H3,(H,24,26)/p+1. The molecule has 28 heavy (non-hydrogen) atoms. The van der Waals surface area contributed by atoms with Gasteiger partial charge >= 0.3 is 0 Å². The lowest BCUT2D eigenvalue weighted by molar-refractivity contribution is -0.893. The van der Waals surface area contributed by atoms with Gasteiger partial charge in [0, 0.05) is 15.5 Å². The van der Waals surface area contributed by atoms with Gasteiger partial charge in [-0.25, -0.2) is 0 Å². The van der Waals surface area contributed by atoms with Crippen molar-refractivity contribution < 1.29 is 14.4 Å². The molecule has 2 aromatic rings. The van der Waals surface area contributed by atoms with Crippen LogP contribution >= 0.6 is 22.9 Å². The summed E-state index contributed by atoms with van der Waals surface area (Å²) >= 11 is 7.66. The molecular formula is C21H25ClN3O2S+. The van der Waals surface area contributed by atoms with Crippen molar-refractivity contribution in [2.24, 2.45) is 0 Å². The highest BCUT2D eigenvalue weighted by atomic mass is 35.5. The molecule has 1 amide bonds. The fourth-order valence-corrected chi connectivity index (χ4v) is 5.04. The third-order valence-corrected chi connectivity index (χ3v) is 6.49. The summed E-state index contributed by atoms with van der Waals surface area (Å²) < 4.78 is 5.39. The molecule has 0 saturated heterocycles. The highest BCUT2D eigenvalue weighted by Crippen LogP contribution is 2.37. The van der Waals surface area contributed by atoms with Crippen LogP contribution in [0.15, 0.2) is 18.2 Å². The lowest BCUT2D eigenvalue weighted by Gasteiger charge is -2.16. The fraction of sp³-hybridized carbons (Fsp3) is 0.429. The molecule has 1 unspecified atom stereocenters. The number of hydrogen-bond acceptors (Lipinski definition) is 4. The first-order valence-corrected chi connectivity index (χ1v) is 10.7. The average Bonchev–Trinajstić information content (AvgIpc) is 3.03. The van der Waals surface area contributed by atoms with Crippen LogP contribution in [-0.4, -0.2) is 26.6 Å². The van der Waals surface area contributed by atoms with E-state index >= 15 is 0 Å². The molecule has 0 aliphatic heterocycles. The summed E-state index contributed by atoms with van der Waals surface area (Å²) in [4.78, 5) is 14.9. The second-order valence-corrected chi connectivity index (χ2v) is 8.71. The van der Waals surface area contributed by atoms with Crippen molar-refractivity contribution in [2.45, 2.75) is 38.6 Å². The minimum absolute atomic E-state index is 0.0486. The molecule has 2 N–H and O–H groups in total. The summed E-state index contributed by atoms with van der Waals surface area (Å²) in [6.45, 7) is 1.39. The predicted molar refractivity (Wildman–Crippen MR) is 112 cm³/mol. The summed E-state index contributed by atoms with van der Waals surface area (Å²) in [6.07, 6.45) is 4.62. The number of carbonyl (C=O) groups is 1. The molecule has 1 aromatic heterocycles. The number of fused-ring (bicyclic) bond motifs is 1. The minimum atomic E-state index is -0.0486. The highest BCUT2D eigenvalue weighted by Gasteiger charge is 2.22. The smallest absolute Gasteiger partial charge is 0.230 e. The van der Waals surface area contributed by atoms with Gasteiger partial charge in [-0.3, -0.25) is 4.79 Å². The first kappa shape index (κ1) is 20.7. The topological polar surface area (TPSA) is 66.6 Å². The first-order chi connectivity index (χ1) is 13.5. The molecule has 0 bridgehead atoms. The van der Waals surface area contributed by atoms with Gasteiger partial charge in [0.25, 0.3) is 0 Å². The van der Waals surface area contributed by atoms with Gasteiger partial charge in [-0.1, -0.05) is 11.6 Å². The van der Waals surface area contributed by atoms with Gasteiger partial charge in [0.1, 0.15) is 23.4 Å². The Hall–Kier alpha value is -2.07. The van der Waals surface area contributed by atoms with E-state index in [1.165, 1.54) is 9.78 Å². The second kappa shape index (κ2) is 9.42. The molecule has 0 spiro atoms. The van der Waals surface area contributed by atoms with Crippen molar-refractivity contribution >= 4 is 33.8 Å². The number of nitrogens with zero attached hydrogens (tertiary/aromatic N) is 1. The van der Waals surface area contributed by atoms with Crippen molar-refractivity contribution in [3.05, 3.63) is 44.8 Å². The molecule has 1 aliphatic rings. The number of hydrogen-bond donors (Lipinski definition) is 2. The van der Waals surface area contributed by atoms with Crippen LogP contribution in [-0.2, 0) is 24.2 Å². The molecule has 0 fully saturated rings. The average molecular weight is 419 g/mol. The van der Waals surface area contributed by atoms with Crippen LogP contribution < -0.4 is 15.0 Å². The lowest BCUT2D eigenvalue weighted by atomic mass is 9.96. The summed E-state index contributed by atoms with van der Waals surface area (Å²) in [6, 6.07) is 7.86. The minimum Gasteiger partial charge on any atom is -0.496 e. The molecule has 1 aromatic carbocycles. The van der Waals surface area contributed by atoms with E-state index in [0.29, 0.717) is 35.1 Å². The van der Waals surface area contributed by atoms with Crippen LogP contribution in [0.2, 0.25) is 5.02 Å². The van der Waals surface area contributed by atoms with Gasteiger partial charge in [0.15, 0.2) is 0 Å². The van der Waals surface area contributed by atoms with Gasteiger partial charge in [0.05, 0.1) is 32.7 Å². The molecule has 0 saturated carbocycles. The molecule has 7 heteroatoms. The van der Waals surface area contributed by atoms with E-state index in [9.17, 15) is 10.1 Å². The molecule has 3 rings (SSSR count). The van der Waals surface area contributed by atoms with Gasteiger partial charge in [0.2, 0.25) is 5.91 Å². The van der Waals surface area contributed by atoms with E-state index in [1.807, 2.05) is 19.2 Å². The van der Waals surface area contributed by atoms with Crippen LogP contribution in [0.3, 0.4) is 0 Å².